The quantitative estimate of drug-likeness (QED) is 0.410. The van der Waals surface area contributed by atoms with Gasteiger partial charge in [-0.2, -0.15) is 13.2 Å². The molecule has 40 heavy (non-hydrogen) atoms. The fourth-order valence-corrected chi connectivity index (χ4v) is 4.16. The summed E-state index contributed by atoms with van der Waals surface area (Å²) < 4.78 is 50.4. The maximum atomic E-state index is 13.4. The Kier molecular flexibility index (Phi) is 9.56. The molecular weight excluding hydrogens is 551 g/mol. The monoisotopic (exact) mass is 577 g/mol. The molecule has 1 saturated heterocycles. The van der Waals surface area contributed by atoms with Crippen LogP contribution in [0.5, 0.6) is 11.6 Å². The summed E-state index contributed by atoms with van der Waals surface area (Å²) in [5.74, 6) is -1.28. The molecule has 212 valence electrons. The van der Waals surface area contributed by atoms with E-state index >= 15 is 0 Å². The normalized spacial score (nSPS) is 15.0. The van der Waals surface area contributed by atoms with E-state index in [1.165, 1.54) is 18.3 Å². The minimum Gasteiger partial charge on any atom is -0.437 e. The zero-order chi connectivity index (χ0) is 28.7. The third-order valence-corrected chi connectivity index (χ3v) is 6.50. The molecule has 1 aromatic carbocycles. The van der Waals surface area contributed by atoms with Crippen molar-refractivity contribution in [2.75, 3.05) is 39.8 Å². The van der Waals surface area contributed by atoms with Crippen molar-refractivity contribution in [2.24, 2.45) is 0 Å². The highest BCUT2D eigenvalue weighted by Gasteiger charge is 2.32. The van der Waals surface area contributed by atoms with Gasteiger partial charge in [0.2, 0.25) is 11.8 Å². The van der Waals surface area contributed by atoms with Gasteiger partial charge >= 0.3 is 6.18 Å². The van der Waals surface area contributed by atoms with E-state index in [1.807, 2.05) is 7.05 Å². The van der Waals surface area contributed by atoms with Crippen molar-refractivity contribution in [3.8, 4) is 11.6 Å². The van der Waals surface area contributed by atoms with E-state index in [4.69, 9.17) is 21.1 Å². The number of ether oxygens (including phenoxy) is 2. The summed E-state index contributed by atoms with van der Waals surface area (Å²) in [5, 5.41) is 2.41. The van der Waals surface area contributed by atoms with Gasteiger partial charge in [-0.1, -0.05) is 11.6 Å². The van der Waals surface area contributed by atoms with E-state index in [9.17, 15) is 22.8 Å². The Balaban J connectivity index is 1.50. The van der Waals surface area contributed by atoms with Crippen LogP contribution in [0.1, 0.15) is 21.5 Å². The molecule has 1 N–H and O–H groups in total. The molecule has 0 aliphatic carbocycles. The van der Waals surface area contributed by atoms with Crippen LogP contribution in [0.4, 0.5) is 13.2 Å². The van der Waals surface area contributed by atoms with Crippen molar-refractivity contribution in [3.63, 3.8) is 0 Å². The number of aromatic nitrogens is 2. The molecule has 3 aromatic rings. The molecule has 2 amide bonds. The smallest absolute Gasteiger partial charge is 0.416 e. The van der Waals surface area contributed by atoms with Gasteiger partial charge in [0, 0.05) is 44.8 Å². The van der Waals surface area contributed by atoms with Gasteiger partial charge < -0.3 is 24.6 Å². The minimum absolute atomic E-state index is 0.0382. The van der Waals surface area contributed by atoms with Gasteiger partial charge in [-0.25, -0.2) is 4.98 Å². The molecule has 1 fully saturated rings. The number of nitrogens with one attached hydrogen (secondary N) is 1. The lowest BCUT2D eigenvalue weighted by Crippen LogP contribution is -2.55. The summed E-state index contributed by atoms with van der Waals surface area (Å²) in [7, 11) is 1.96. The number of nitrogens with zero attached hydrogens (tertiary/aromatic N) is 4. The first-order chi connectivity index (χ1) is 19.1. The van der Waals surface area contributed by atoms with Gasteiger partial charge in [0.1, 0.15) is 17.4 Å². The van der Waals surface area contributed by atoms with Crippen molar-refractivity contribution < 1.29 is 32.2 Å². The first kappa shape index (κ1) is 29.2. The number of amides is 2. The predicted molar refractivity (Wildman–Crippen MR) is 140 cm³/mol. The van der Waals surface area contributed by atoms with E-state index in [2.05, 4.69) is 20.2 Å². The Morgan fingerprint density at radius 3 is 2.48 bits per heavy atom. The first-order valence-electron chi connectivity index (χ1n) is 12.4. The number of hydrogen-bond donors (Lipinski definition) is 1. The number of benzene rings is 1. The summed E-state index contributed by atoms with van der Waals surface area (Å²) in [6, 6.07) is 8.05. The Labute approximate surface area is 233 Å². The lowest BCUT2D eigenvalue weighted by molar-refractivity contribution is -0.138. The van der Waals surface area contributed by atoms with Gasteiger partial charge in [-0.3, -0.25) is 14.6 Å². The van der Waals surface area contributed by atoms with Gasteiger partial charge in [-0.05, 0) is 55.1 Å². The number of hydrogen-bond acceptors (Lipinski definition) is 7. The van der Waals surface area contributed by atoms with Crippen LogP contribution in [0, 0.1) is 0 Å². The van der Waals surface area contributed by atoms with Gasteiger partial charge in [0.15, 0.2) is 0 Å². The number of carbonyl (C=O) groups excluding carboxylic acids is 2. The highest BCUT2D eigenvalue weighted by molar-refractivity contribution is 6.32. The van der Waals surface area contributed by atoms with Gasteiger partial charge in [-0.15, -0.1) is 0 Å². The number of pyridine rings is 2. The van der Waals surface area contributed by atoms with E-state index < -0.39 is 23.7 Å². The molecule has 0 bridgehead atoms. The summed E-state index contributed by atoms with van der Waals surface area (Å²) in [6.07, 6.45) is 0.0260. The van der Waals surface area contributed by atoms with Gasteiger partial charge in [0.25, 0.3) is 5.91 Å². The zero-order valence-electron chi connectivity index (χ0n) is 21.5. The van der Waals surface area contributed by atoms with Crippen molar-refractivity contribution >= 4 is 23.4 Å². The summed E-state index contributed by atoms with van der Waals surface area (Å²) in [4.78, 5) is 38.5. The number of rotatable bonds is 9. The number of piperazine rings is 1. The molecule has 9 nitrogen and oxygen atoms in total. The van der Waals surface area contributed by atoms with Crippen LogP contribution in [-0.2, 0) is 22.3 Å². The van der Waals surface area contributed by atoms with Crippen LogP contribution in [0.2, 0.25) is 5.02 Å². The third-order valence-electron chi connectivity index (χ3n) is 6.20. The maximum absolute atomic E-state index is 13.4. The molecule has 0 spiro atoms. The molecule has 13 heteroatoms. The molecule has 1 atom stereocenters. The maximum Gasteiger partial charge on any atom is 0.416 e. The van der Waals surface area contributed by atoms with E-state index in [1.54, 1.807) is 29.4 Å². The SMILES string of the molecule is CN1CCN(C(=O)[C@@H](COCc2ccncc2)NC(=O)c2cccnc2Oc2ccc(C(F)(F)F)cc2Cl)CC1. The Morgan fingerprint density at radius 2 is 1.80 bits per heavy atom. The predicted octanol–water partition coefficient (Wildman–Crippen LogP) is 4.03. The molecule has 4 rings (SSSR count). The van der Waals surface area contributed by atoms with Crippen LogP contribution < -0.4 is 10.1 Å². The molecule has 3 heterocycles. The van der Waals surface area contributed by atoms with Gasteiger partial charge in [0.05, 0.1) is 23.8 Å². The second-order valence-electron chi connectivity index (χ2n) is 9.13. The first-order valence-corrected chi connectivity index (χ1v) is 12.7. The number of alkyl halides is 3. The number of carbonyl (C=O) groups is 2. The highest BCUT2D eigenvalue weighted by Crippen LogP contribution is 2.36. The molecule has 0 unspecified atom stereocenters. The third kappa shape index (κ3) is 7.68. The van der Waals surface area contributed by atoms with Crippen LogP contribution in [0.3, 0.4) is 0 Å². The molecule has 1 aliphatic heterocycles. The Bertz CT molecular complexity index is 1320. The Hall–Kier alpha value is -3.74. The van der Waals surface area contributed by atoms with E-state index in [-0.39, 0.29) is 41.3 Å². The summed E-state index contributed by atoms with van der Waals surface area (Å²) in [5.41, 5.74) is -0.131. The van der Waals surface area contributed by atoms with Crippen molar-refractivity contribution in [2.45, 2.75) is 18.8 Å². The lowest BCUT2D eigenvalue weighted by atomic mass is 10.2. The molecule has 2 aromatic heterocycles. The lowest BCUT2D eigenvalue weighted by Gasteiger charge is -2.34. The van der Waals surface area contributed by atoms with Crippen molar-refractivity contribution in [1.29, 1.82) is 0 Å². The van der Waals surface area contributed by atoms with Crippen LogP contribution in [0.25, 0.3) is 0 Å². The Morgan fingerprint density at radius 1 is 1.07 bits per heavy atom. The summed E-state index contributed by atoms with van der Waals surface area (Å²) >= 11 is 6.02. The highest BCUT2D eigenvalue weighted by atomic mass is 35.5. The second-order valence-corrected chi connectivity index (χ2v) is 9.53. The zero-order valence-corrected chi connectivity index (χ0v) is 22.3. The summed E-state index contributed by atoms with van der Waals surface area (Å²) in [6.45, 7) is 2.50. The van der Waals surface area contributed by atoms with Crippen LogP contribution in [0.15, 0.2) is 61.1 Å². The van der Waals surface area contributed by atoms with Crippen molar-refractivity contribution in [3.05, 3.63) is 82.8 Å². The van der Waals surface area contributed by atoms with Crippen LogP contribution >= 0.6 is 11.6 Å². The fourth-order valence-electron chi connectivity index (χ4n) is 3.94. The molecular formula is C27H27ClF3N5O4. The average molecular weight is 578 g/mol. The molecule has 1 aliphatic rings. The number of likely N-dealkylation sites (N-methyl/N-ethyl adjacent to an activating group) is 1. The topological polar surface area (TPSA) is 96.9 Å². The average Bonchev–Trinajstić information content (AvgIpc) is 2.94. The fraction of sp³-hybridized carbons (Fsp3) is 0.333. The largest absolute Gasteiger partial charge is 0.437 e. The van der Waals surface area contributed by atoms with Crippen molar-refractivity contribution in [1.82, 2.24) is 25.1 Å². The minimum atomic E-state index is -4.58. The molecule has 0 saturated carbocycles. The van der Waals surface area contributed by atoms with Crippen LogP contribution in [-0.4, -0.2) is 77.5 Å². The van der Waals surface area contributed by atoms with E-state index in [0.717, 1.165) is 23.8 Å². The number of halogens is 4. The second kappa shape index (κ2) is 13.1. The van der Waals surface area contributed by atoms with E-state index in [0.29, 0.717) is 26.2 Å². The molecule has 0 radical (unpaired) electrons. The standard InChI is InChI=1S/C27H27ClF3N5O4/c1-35-11-13-36(14-12-35)26(38)22(17-39-16-18-6-9-32-10-7-18)34-24(37)20-3-2-8-33-25(20)40-23-5-4-19(15-21(23)28)27(29,30)31/h2-10,15,22H,11-14,16-17H2,1H3,(H,34,37)/t22-/m1/s1.